The van der Waals surface area contributed by atoms with Crippen LogP contribution in [0.15, 0.2) is 85.3 Å². The highest BCUT2D eigenvalue weighted by Crippen LogP contribution is 2.42. The van der Waals surface area contributed by atoms with E-state index in [4.69, 9.17) is 22.3 Å². The first-order chi connectivity index (χ1) is 22.0. The standard InChI is InChI=1S/C36H38ClN7O/c37-29-10-8-25(9-11-29)24-44-32-7-2-1-5-30(32)33(34(44)31-6-3-4-16-39-31)27-14-19-43(20-15-27)35(45)28-12-17-42(18-13-28)23-26-21-40-36(38)41-22-26/h1-11,16,21-22,27-28H,12-15,17-20,23-24H2,(H2,38,40,41). The predicted octanol–water partition coefficient (Wildman–Crippen LogP) is 6.40. The summed E-state index contributed by atoms with van der Waals surface area (Å²) in [4.78, 5) is 31.2. The number of halogens is 1. The van der Waals surface area contributed by atoms with E-state index in [0.29, 0.717) is 17.8 Å². The number of piperidine rings is 2. The Bertz CT molecular complexity index is 1760. The van der Waals surface area contributed by atoms with Gasteiger partial charge < -0.3 is 15.2 Å². The zero-order chi connectivity index (χ0) is 30.8. The van der Waals surface area contributed by atoms with Crippen LogP contribution in [0.4, 0.5) is 5.95 Å². The minimum absolute atomic E-state index is 0.0887. The monoisotopic (exact) mass is 619 g/mol. The number of aromatic nitrogens is 4. The highest BCUT2D eigenvalue weighted by Gasteiger charge is 2.33. The van der Waals surface area contributed by atoms with Gasteiger partial charge in [-0.25, -0.2) is 9.97 Å². The Labute approximate surface area is 268 Å². The summed E-state index contributed by atoms with van der Waals surface area (Å²) in [6.07, 6.45) is 9.11. The number of rotatable bonds is 7. The van der Waals surface area contributed by atoms with E-state index in [1.807, 2.05) is 24.4 Å². The molecule has 0 radical (unpaired) electrons. The molecule has 8 nitrogen and oxygen atoms in total. The summed E-state index contributed by atoms with van der Waals surface area (Å²) < 4.78 is 2.41. The van der Waals surface area contributed by atoms with Crippen molar-refractivity contribution in [3.63, 3.8) is 0 Å². The van der Waals surface area contributed by atoms with Crippen LogP contribution in [0.25, 0.3) is 22.3 Å². The number of para-hydroxylation sites is 1. The van der Waals surface area contributed by atoms with Crippen molar-refractivity contribution in [1.82, 2.24) is 29.3 Å². The molecule has 230 valence electrons. The molecule has 0 unspecified atom stereocenters. The fraction of sp³-hybridized carbons (Fsp3) is 0.333. The van der Waals surface area contributed by atoms with Crippen LogP contribution in [0.1, 0.15) is 48.3 Å². The van der Waals surface area contributed by atoms with E-state index >= 15 is 0 Å². The van der Waals surface area contributed by atoms with Gasteiger partial charge in [-0.1, -0.05) is 48.0 Å². The Morgan fingerprint density at radius 3 is 2.22 bits per heavy atom. The number of likely N-dealkylation sites (tertiary alicyclic amines) is 2. The van der Waals surface area contributed by atoms with E-state index in [1.165, 1.54) is 27.7 Å². The van der Waals surface area contributed by atoms with Gasteiger partial charge in [-0.3, -0.25) is 14.7 Å². The highest BCUT2D eigenvalue weighted by molar-refractivity contribution is 6.30. The number of nitrogen functional groups attached to an aromatic ring is 1. The molecule has 0 saturated carbocycles. The minimum atomic E-state index is 0.0887. The zero-order valence-corrected chi connectivity index (χ0v) is 26.1. The van der Waals surface area contributed by atoms with Gasteiger partial charge in [-0.2, -0.15) is 0 Å². The number of anilines is 1. The molecule has 2 fully saturated rings. The van der Waals surface area contributed by atoms with Crippen LogP contribution in [0.2, 0.25) is 5.02 Å². The van der Waals surface area contributed by atoms with Crippen LogP contribution in [0.5, 0.6) is 0 Å². The molecule has 0 spiro atoms. The van der Waals surface area contributed by atoms with Crippen LogP contribution in [-0.4, -0.2) is 61.4 Å². The lowest BCUT2D eigenvalue weighted by Gasteiger charge is -2.37. The second kappa shape index (κ2) is 13.0. The second-order valence-electron chi connectivity index (χ2n) is 12.3. The van der Waals surface area contributed by atoms with Gasteiger partial charge in [0.2, 0.25) is 11.9 Å². The quantitative estimate of drug-likeness (QED) is 0.227. The number of carbonyl (C=O) groups excluding carboxylic acids is 1. The number of nitrogens with zero attached hydrogens (tertiary/aromatic N) is 6. The van der Waals surface area contributed by atoms with Gasteiger partial charge in [0, 0.05) is 72.2 Å². The second-order valence-corrected chi connectivity index (χ2v) is 12.7. The SMILES string of the molecule is Nc1ncc(CN2CCC(C(=O)N3CCC(c4c(-c5ccccn5)n(Cc5ccc(Cl)cc5)c5ccccc45)CC3)CC2)cn1. The van der Waals surface area contributed by atoms with E-state index in [0.717, 1.165) is 81.2 Å². The summed E-state index contributed by atoms with van der Waals surface area (Å²) in [7, 11) is 0. The molecule has 0 atom stereocenters. The summed E-state index contributed by atoms with van der Waals surface area (Å²) >= 11 is 6.21. The van der Waals surface area contributed by atoms with E-state index in [-0.39, 0.29) is 5.92 Å². The van der Waals surface area contributed by atoms with E-state index in [2.05, 4.69) is 72.9 Å². The van der Waals surface area contributed by atoms with Crippen molar-refractivity contribution in [2.75, 3.05) is 31.9 Å². The predicted molar refractivity (Wildman–Crippen MR) is 179 cm³/mol. The van der Waals surface area contributed by atoms with Gasteiger partial charge in [0.1, 0.15) is 0 Å². The van der Waals surface area contributed by atoms with Gasteiger partial charge in [0.15, 0.2) is 0 Å². The first kappa shape index (κ1) is 29.4. The molecule has 1 amide bonds. The normalized spacial score (nSPS) is 16.8. The van der Waals surface area contributed by atoms with Crippen molar-refractivity contribution in [3.8, 4) is 11.4 Å². The van der Waals surface area contributed by atoms with Crippen molar-refractivity contribution >= 4 is 34.4 Å². The molecule has 2 aliphatic heterocycles. The van der Waals surface area contributed by atoms with E-state index < -0.39 is 0 Å². The fourth-order valence-electron chi connectivity index (χ4n) is 7.15. The maximum Gasteiger partial charge on any atom is 0.225 e. The van der Waals surface area contributed by atoms with Crippen LogP contribution < -0.4 is 5.73 Å². The van der Waals surface area contributed by atoms with Crippen molar-refractivity contribution in [2.24, 2.45) is 5.92 Å². The maximum absolute atomic E-state index is 13.7. The highest BCUT2D eigenvalue weighted by atomic mass is 35.5. The molecule has 2 N–H and O–H groups in total. The van der Waals surface area contributed by atoms with Crippen LogP contribution >= 0.6 is 11.6 Å². The third-order valence-electron chi connectivity index (χ3n) is 9.45. The van der Waals surface area contributed by atoms with Crippen LogP contribution in [-0.2, 0) is 17.9 Å². The number of amides is 1. The van der Waals surface area contributed by atoms with Gasteiger partial charge >= 0.3 is 0 Å². The summed E-state index contributed by atoms with van der Waals surface area (Å²) in [5.41, 5.74) is 12.6. The van der Waals surface area contributed by atoms with Gasteiger partial charge in [-0.05, 0) is 86.1 Å². The number of pyridine rings is 1. The van der Waals surface area contributed by atoms with Crippen molar-refractivity contribution in [3.05, 3.63) is 107 Å². The molecular weight excluding hydrogens is 582 g/mol. The number of hydrogen-bond acceptors (Lipinski definition) is 6. The summed E-state index contributed by atoms with van der Waals surface area (Å²) in [5.74, 6) is 1.04. The molecule has 9 heteroatoms. The van der Waals surface area contributed by atoms with E-state index in [9.17, 15) is 4.79 Å². The molecule has 2 saturated heterocycles. The summed E-state index contributed by atoms with van der Waals surface area (Å²) in [6.45, 7) is 4.88. The molecule has 5 aromatic rings. The third kappa shape index (κ3) is 6.30. The fourth-order valence-corrected chi connectivity index (χ4v) is 7.27. The summed E-state index contributed by atoms with van der Waals surface area (Å²) in [6, 6.07) is 23.0. The van der Waals surface area contributed by atoms with Crippen molar-refractivity contribution < 1.29 is 4.79 Å². The van der Waals surface area contributed by atoms with E-state index in [1.54, 1.807) is 12.4 Å². The van der Waals surface area contributed by atoms with Gasteiger partial charge in [0.05, 0.1) is 11.4 Å². The molecule has 2 aromatic carbocycles. The molecule has 3 aromatic heterocycles. The first-order valence-corrected chi connectivity index (χ1v) is 16.3. The number of benzene rings is 2. The van der Waals surface area contributed by atoms with Crippen LogP contribution in [0, 0.1) is 5.92 Å². The molecule has 0 aliphatic carbocycles. The largest absolute Gasteiger partial charge is 0.368 e. The zero-order valence-electron chi connectivity index (χ0n) is 25.4. The molecule has 7 rings (SSSR count). The summed E-state index contributed by atoms with van der Waals surface area (Å²) in [5, 5.41) is 2.01. The molecule has 2 aliphatic rings. The minimum Gasteiger partial charge on any atom is -0.368 e. The number of fused-ring (bicyclic) bond motifs is 1. The average molecular weight is 620 g/mol. The Morgan fingerprint density at radius 1 is 0.800 bits per heavy atom. The Balaban J connectivity index is 1.08. The van der Waals surface area contributed by atoms with Crippen molar-refractivity contribution in [2.45, 2.75) is 44.7 Å². The lowest BCUT2D eigenvalue weighted by molar-refractivity contribution is -0.138. The Hall–Kier alpha value is -4.27. The lowest BCUT2D eigenvalue weighted by Crippen LogP contribution is -2.45. The first-order valence-electron chi connectivity index (χ1n) is 15.9. The number of carbonyl (C=O) groups is 1. The third-order valence-corrected chi connectivity index (χ3v) is 9.71. The molecule has 0 bridgehead atoms. The molecule has 5 heterocycles. The van der Waals surface area contributed by atoms with Gasteiger partial charge in [-0.15, -0.1) is 0 Å². The smallest absolute Gasteiger partial charge is 0.225 e. The molecule has 45 heavy (non-hydrogen) atoms. The van der Waals surface area contributed by atoms with Gasteiger partial charge in [0.25, 0.3) is 0 Å². The maximum atomic E-state index is 13.7. The Kier molecular flexibility index (Phi) is 8.50. The number of hydrogen-bond donors (Lipinski definition) is 1. The number of nitrogens with two attached hydrogens (primary N) is 1. The average Bonchev–Trinajstić information content (AvgIpc) is 3.41. The topological polar surface area (TPSA) is 93.2 Å². The molecular formula is C36H38ClN7O. The van der Waals surface area contributed by atoms with Crippen LogP contribution in [0.3, 0.4) is 0 Å². The van der Waals surface area contributed by atoms with Crippen molar-refractivity contribution in [1.29, 1.82) is 0 Å². The Morgan fingerprint density at radius 2 is 1.51 bits per heavy atom. The lowest BCUT2D eigenvalue weighted by atomic mass is 9.85.